The number of carbonyl (C=O) groups excluding carboxylic acids is 1. The number of nitrogens with one attached hydrogen (secondary N) is 1. The van der Waals surface area contributed by atoms with Crippen LogP contribution in [0, 0.1) is 5.82 Å². The molecular weight excluding hydrogens is 351 g/mol. The summed E-state index contributed by atoms with van der Waals surface area (Å²) in [6.07, 6.45) is 2.22. The number of halogens is 1. The van der Waals surface area contributed by atoms with Gasteiger partial charge in [0, 0.05) is 32.7 Å². The van der Waals surface area contributed by atoms with E-state index in [9.17, 15) is 9.18 Å². The summed E-state index contributed by atoms with van der Waals surface area (Å²) in [4.78, 5) is 29.6. The lowest BCUT2D eigenvalue weighted by atomic mass is 10.2. The number of rotatable bonds is 6. The Morgan fingerprint density at radius 1 is 1.26 bits per heavy atom. The fourth-order valence-corrected chi connectivity index (χ4v) is 2.80. The van der Waals surface area contributed by atoms with Gasteiger partial charge in [0.15, 0.2) is 17.4 Å². The lowest BCUT2D eigenvalue weighted by Gasteiger charge is -2.19. The van der Waals surface area contributed by atoms with Crippen molar-refractivity contribution in [2.75, 3.05) is 44.1 Å². The minimum Gasteiger partial charge on any atom is -0.494 e. The van der Waals surface area contributed by atoms with Crippen molar-refractivity contribution in [1.82, 2.24) is 20.3 Å². The molecule has 144 valence electrons. The third kappa shape index (κ3) is 4.42. The first kappa shape index (κ1) is 18.8. The topological polar surface area (TPSA) is 83.5 Å². The number of nitrogens with zero attached hydrogens (tertiary/aromatic N) is 5. The summed E-state index contributed by atoms with van der Waals surface area (Å²) in [6, 6.07) is 4.07. The molecule has 0 radical (unpaired) electrons. The summed E-state index contributed by atoms with van der Waals surface area (Å²) in [5.74, 6) is 0.702. The van der Waals surface area contributed by atoms with Crippen LogP contribution in [0.15, 0.2) is 18.2 Å². The molecule has 0 saturated carbocycles. The van der Waals surface area contributed by atoms with Crippen molar-refractivity contribution in [3.8, 4) is 5.75 Å². The van der Waals surface area contributed by atoms with Gasteiger partial charge in [-0.2, -0.15) is 15.0 Å². The Kier molecular flexibility index (Phi) is 5.68. The fraction of sp³-hybridized carbons (Fsp3) is 0.444. The number of ether oxygens (including phenoxy) is 1. The van der Waals surface area contributed by atoms with Crippen molar-refractivity contribution < 1.29 is 13.9 Å². The highest BCUT2D eigenvalue weighted by atomic mass is 19.1. The molecule has 8 nitrogen and oxygen atoms in total. The Balaban J connectivity index is 1.74. The van der Waals surface area contributed by atoms with E-state index >= 15 is 0 Å². The number of anilines is 2. The Labute approximate surface area is 157 Å². The van der Waals surface area contributed by atoms with Crippen molar-refractivity contribution >= 4 is 17.8 Å². The SMILES string of the molecule is COc1ccc(C(=O)NCc2nc(N(C)C)nc(N3CCCC3)n2)cc1F. The van der Waals surface area contributed by atoms with Crippen molar-refractivity contribution in [2.45, 2.75) is 19.4 Å². The first-order valence-electron chi connectivity index (χ1n) is 8.77. The van der Waals surface area contributed by atoms with Gasteiger partial charge >= 0.3 is 0 Å². The molecule has 2 heterocycles. The molecule has 0 spiro atoms. The highest BCUT2D eigenvalue weighted by molar-refractivity contribution is 5.94. The summed E-state index contributed by atoms with van der Waals surface area (Å²) < 4.78 is 18.7. The van der Waals surface area contributed by atoms with Gasteiger partial charge in [-0.15, -0.1) is 0 Å². The second-order valence-electron chi connectivity index (χ2n) is 6.47. The quantitative estimate of drug-likeness (QED) is 0.822. The highest BCUT2D eigenvalue weighted by Gasteiger charge is 2.18. The lowest BCUT2D eigenvalue weighted by molar-refractivity contribution is 0.0949. The third-order valence-corrected chi connectivity index (χ3v) is 4.27. The zero-order valence-electron chi connectivity index (χ0n) is 15.7. The third-order valence-electron chi connectivity index (χ3n) is 4.27. The molecule has 0 aliphatic carbocycles. The van der Waals surface area contributed by atoms with Crippen LogP contribution in [-0.2, 0) is 6.54 Å². The molecule has 1 aliphatic heterocycles. The predicted octanol–water partition coefficient (Wildman–Crippen LogP) is 1.62. The molecule has 1 amide bonds. The largest absolute Gasteiger partial charge is 0.494 e. The molecule has 0 bridgehead atoms. The maximum absolute atomic E-state index is 13.8. The van der Waals surface area contributed by atoms with E-state index in [0.717, 1.165) is 32.0 Å². The van der Waals surface area contributed by atoms with Gasteiger partial charge in [-0.05, 0) is 31.0 Å². The number of hydrogen-bond donors (Lipinski definition) is 1. The summed E-state index contributed by atoms with van der Waals surface area (Å²) >= 11 is 0. The van der Waals surface area contributed by atoms with E-state index in [0.29, 0.717) is 17.7 Å². The first-order valence-corrected chi connectivity index (χ1v) is 8.77. The lowest BCUT2D eigenvalue weighted by Crippen LogP contribution is -2.27. The number of aromatic nitrogens is 3. The maximum Gasteiger partial charge on any atom is 0.251 e. The van der Waals surface area contributed by atoms with Gasteiger partial charge in [-0.3, -0.25) is 4.79 Å². The molecule has 27 heavy (non-hydrogen) atoms. The number of benzene rings is 1. The van der Waals surface area contributed by atoms with Crippen molar-refractivity contribution in [3.63, 3.8) is 0 Å². The van der Waals surface area contributed by atoms with Crippen LogP contribution in [0.4, 0.5) is 16.3 Å². The average Bonchev–Trinajstić information content (AvgIpc) is 3.20. The molecule has 0 atom stereocenters. The van der Waals surface area contributed by atoms with Gasteiger partial charge < -0.3 is 19.9 Å². The van der Waals surface area contributed by atoms with E-state index in [-0.39, 0.29) is 17.9 Å². The van der Waals surface area contributed by atoms with E-state index < -0.39 is 11.7 Å². The molecule has 9 heteroatoms. The van der Waals surface area contributed by atoms with E-state index in [1.807, 2.05) is 14.1 Å². The molecule has 1 fully saturated rings. The van der Waals surface area contributed by atoms with Gasteiger partial charge in [0.25, 0.3) is 5.91 Å². The van der Waals surface area contributed by atoms with Crippen LogP contribution in [-0.4, -0.2) is 55.2 Å². The van der Waals surface area contributed by atoms with Gasteiger partial charge in [0.1, 0.15) is 0 Å². The average molecular weight is 374 g/mol. The van der Waals surface area contributed by atoms with E-state index in [4.69, 9.17) is 4.74 Å². The minimum absolute atomic E-state index is 0.0925. The zero-order valence-corrected chi connectivity index (χ0v) is 15.7. The first-order chi connectivity index (χ1) is 13.0. The van der Waals surface area contributed by atoms with E-state index in [1.165, 1.54) is 19.2 Å². The summed E-state index contributed by atoms with van der Waals surface area (Å²) in [5.41, 5.74) is 0.204. The van der Waals surface area contributed by atoms with Crippen LogP contribution in [0.5, 0.6) is 5.75 Å². The minimum atomic E-state index is -0.587. The standard InChI is InChI=1S/C18H23FN6O2/c1-24(2)17-21-15(22-18(23-17)25-8-4-5-9-25)11-20-16(26)12-6-7-14(27-3)13(19)10-12/h6-7,10H,4-5,8-9,11H2,1-3H3,(H,20,26). The molecule has 1 saturated heterocycles. The Hall–Kier alpha value is -2.97. The molecular formula is C18H23FN6O2. The van der Waals surface area contributed by atoms with Crippen LogP contribution < -0.4 is 19.9 Å². The van der Waals surface area contributed by atoms with Gasteiger partial charge in [0.2, 0.25) is 11.9 Å². The van der Waals surface area contributed by atoms with Crippen LogP contribution in [0.1, 0.15) is 29.0 Å². The number of carbonyl (C=O) groups is 1. The van der Waals surface area contributed by atoms with E-state index in [2.05, 4.69) is 25.2 Å². The van der Waals surface area contributed by atoms with Gasteiger partial charge in [-0.25, -0.2) is 4.39 Å². The molecule has 1 N–H and O–H groups in total. The Bertz CT molecular complexity index is 823. The van der Waals surface area contributed by atoms with Crippen LogP contribution in [0.3, 0.4) is 0 Å². The molecule has 1 aliphatic rings. The molecule has 2 aromatic rings. The maximum atomic E-state index is 13.8. The number of hydrogen-bond acceptors (Lipinski definition) is 7. The van der Waals surface area contributed by atoms with Gasteiger partial charge in [0.05, 0.1) is 13.7 Å². The molecule has 3 rings (SSSR count). The number of amides is 1. The predicted molar refractivity (Wildman–Crippen MR) is 99.7 cm³/mol. The number of methoxy groups -OCH3 is 1. The highest BCUT2D eigenvalue weighted by Crippen LogP contribution is 2.19. The van der Waals surface area contributed by atoms with Gasteiger partial charge in [-0.1, -0.05) is 0 Å². The Morgan fingerprint density at radius 3 is 2.63 bits per heavy atom. The summed E-state index contributed by atoms with van der Waals surface area (Å²) in [6.45, 7) is 1.94. The molecule has 1 aromatic heterocycles. The second-order valence-corrected chi connectivity index (χ2v) is 6.47. The molecule has 1 aromatic carbocycles. The Morgan fingerprint density at radius 2 is 2.00 bits per heavy atom. The van der Waals surface area contributed by atoms with Crippen molar-refractivity contribution in [2.24, 2.45) is 0 Å². The monoisotopic (exact) mass is 374 g/mol. The van der Waals surface area contributed by atoms with Crippen molar-refractivity contribution in [3.05, 3.63) is 35.4 Å². The normalized spacial score (nSPS) is 13.6. The van der Waals surface area contributed by atoms with Crippen LogP contribution in [0.2, 0.25) is 0 Å². The molecule has 0 unspecified atom stereocenters. The second kappa shape index (κ2) is 8.15. The van der Waals surface area contributed by atoms with Crippen molar-refractivity contribution in [1.29, 1.82) is 0 Å². The summed E-state index contributed by atoms with van der Waals surface area (Å²) in [5, 5.41) is 2.73. The van der Waals surface area contributed by atoms with E-state index in [1.54, 1.807) is 4.90 Å². The zero-order chi connectivity index (χ0) is 19.4. The smallest absolute Gasteiger partial charge is 0.251 e. The fourth-order valence-electron chi connectivity index (χ4n) is 2.80. The van der Waals surface area contributed by atoms with Crippen LogP contribution in [0.25, 0.3) is 0 Å². The summed E-state index contributed by atoms with van der Waals surface area (Å²) in [7, 11) is 5.08. The van der Waals surface area contributed by atoms with Crippen LogP contribution >= 0.6 is 0 Å².